The Kier molecular flexibility index (Phi) is 2.59. The number of thiophene rings is 1. The molecule has 1 aliphatic heterocycles. The van der Waals surface area contributed by atoms with E-state index < -0.39 is 0 Å². The first kappa shape index (κ1) is 10.7. The third-order valence-corrected chi connectivity index (χ3v) is 4.08. The Labute approximate surface area is 94.7 Å². The summed E-state index contributed by atoms with van der Waals surface area (Å²) in [5.74, 6) is 0.196. The van der Waals surface area contributed by atoms with E-state index in [0.29, 0.717) is 6.42 Å². The van der Waals surface area contributed by atoms with Gasteiger partial charge in [-0.1, -0.05) is 0 Å². The second-order valence-corrected chi connectivity index (χ2v) is 6.18. The lowest BCUT2D eigenvalue weighted by Gasteiger charge is -2.23. The van der Waals surface area contributed by atoms with Crippen molar-refractivity contribution in [2.45, 2.75) is 45.6 Å². The first-order valence-corrected chi connectivity index (χ1v) is 6.17. The molecule has 1 aromatic rings. The van der Waals surface area contributed by atoms with Crippen LogP contribution in [0.4, 0.5) is 0 Å². The van der Waals surface area contributed by atoms with Crippen molar-refractivity contribution in [1.82, 2.24) is 5.32 Å². The van der Waals surface area contributed by atoms with Crippen LogP contribution in [0.3, 0.4) is 0 Å². The second kappa shape index (κ2) is 3.63. The summed E-state index contributed by atoms with van der Waals surface area (Å²) in [7, 11) is 0. The van der Waals surface area contributed by atoms with Crippen LogP contribution in [-0.4, -0.2) is 11.4 Å². The van der Waals surface area contributed by atoms with E-state index in [1.54, 1.807) is 0 Å². The van der Waals surface area contributed by atoms with Gasteiger partial charge >= 0.3 is 0 Å². The quantitative estimate of drug-likeness (QED) is 0.820. The number of nitrogens with one attached hydrogen (secondary N) is 1. The summed E-state index contributed by atoms with van der Waals surface area (Å²) in [6, 6.07) is 2.25. The molecule has 0 aromatic carbocycles. The van der Waals surface area contributed by atoms with Gasteiger partial charge in [-0.2, -0.15) is 0 Å². The van der Waals surface area contributed by atoms with Gasteiger partial charge in [-0.15, -0.1) is 11.3 Å². The number of carbonyl (C=O) groups excluding carboxylic acids is 1. The smallest absolute Gasteiger partial charge is 0.220 e. The number of amides is 1. The van der Waals surface area contributed by atoms with E-state index in [1.165, 1.54) is 15.3 Å². The highest BCUT2D eigenvalue weighted by atomic mass is 32.1. The van der Waals surface area contributed by atoms with Crippen molar-refractivity contribution >= 4 is 17.2 Å². The molecule has 2 nitrogen and oxygen atoms in total. The number of carbonyl (C=O) groups is 1. The van der Waals surface area contributed by atoms with E-state index in [0.717, 1.165) is 12.8 Å². The average Bonchev–Trinajstić information content (AvgIpc) is 2.58. The molecule has 2 heterocycles. The van der Waals surface area contributed by atoms with Crippen molar-refractivity contribution in [1.29, 1.82) is 0 Å². The van der Waals surface area contributed by atoms with Crippen LogP contribution in [0.2, 0.25) is 0 Å². The van der Waals surface area contributed by atoms with Gasteiger partial charge in [0.05, 0.1) is 0 Å². The summed E-state index contributed by atoms with van der Waals surface area (Å²) >= 11 is 1.84. The fourth-order valence-corrected chi connectivity index (χ4v) is 3.21. The molecule has 0 aliphatic carbocycles. The van der Waals surface area contributed by atoms with Crippen molar-refractivity contribution in [3.05, 3.63) is 21.4 Å². The molecule has 15 heavy (non-hydrogen) atoms. The predicted octanol–water partition coefficient (Wildman–Crippen LogP) is 2.58. The molecule has 1 aliphatic rings. The maximum absolute atomic E-state index is 11.2. The molecule has 82 valence electrons. The van der Waals surface area contributed by atoms with Crippen molar-refractivity contribution in [2.24, 2.45) is 0 Å². The van der Waals surface area contributed by atoms with Gasteiger partial charge in [0, 0.05) is 21.7 Å². The lowest BCUT2D eigenvalue weighted by Crippen LogP contribution is -2.40. The van der Waals surface area contributed by atoms with Gasteiger partial charge < -0.3 is 5.32 Å². The SMILES string of the molecule is Cc1cc(CC2(C)CCC(=O)N2)c(C)s1. The van der Waals surface area contributed by atoms with Crippen LogP contribution >= 0.6 is 11.3 Å². The highest BCUT2D eigenvalue weighted by Crippen LogP contribution is 2.29. The standard InChI is InChI=1S/C12H17NOS/c1-8-6-10(9(2)15-8)7-12(3)5-4-11(14)13-12/h6H,4-5,7H2,1-3H3,(H,13,14). The maximum atomic E-state index is 11.2. The maximum Gasteiger partial charge on any atom is 0.220 e. The van der Waals surface area contributed by atoms with Crippen LogP contribution in [-0.2, 0) is 11.2 Å². The number of hydrogen-bond donors (Lipinski definition) is 1. The van der Waals surface area contributed by atoms with Crippen LogP contribution in [0.15, 0.2) is 6.07 Å². The van der Waals surface area contributed by atoms with Crippen molar-refractivity contribution < 1.29 is 4.79 Å². The summed E-state index contributed by atoms with van der Waals surface area (Å²) in [4.78, 5) is 14.0. The minimum atomic E-state index is -0.0185. The number of rotatable bonds is 2. The fraction of sp³-hybridized carbons (Fsp3) is 0.583. The Morgan fingerprint density at radius 3 is 2.73 bits per heavy atom. The molecule has 1 unspecified atom stereocenters. The van der Waals surface area contributed by atoms with E-state index in [2.05, 4.69) is 32.2 Å². The van der Waals surface area contributed by atoms with Crippen LogP contribution < -0.4 is 5.32 Å². The molecule has 0 saturated carbocycles. The largest absolute Gasteiger partial charge is 0.351 e. The Hall–Kier alpha value is -0.830. The molecule has 1 N–H and O–H groups in total. The van der Waals surface area contributed by atoms with Crippen LogP contribution in [0.1, 0.15) is 35.1 Å². The topological polar surface area (TPSA) is 29.1 Å². The average molecular weight is 223 g/mol. The van der Waals surface area contributed by atoms with Gasteiger partial charge in [0.2, 0.25) is 5.91 Å². The molecule has 1 atom stereocenters. The normalized spacial score (nSPS) is 25.7. The highest BCUT2D eigenvalue weighted by Gasteiger charge is 2.33. The summed E-state index contributed by atoms with van der Waals surface area (Å²) < 4.78 is 0. The van der Waals surface area contributed by atoms with Gasteiger partial charge in [-0.3, -0.25) is 4.79 Å². The van der Waals surface area contributed by atoms with Crippen molar-refractivity contribution in [2.75, 3.05) is 0 Å². The molecule has 2 rings (SSSR count). The van der Waals surface area contributed by atoms with E-state index in [4.69, 9.17) is 0 Å². The van der Waals surface area contributed by atoms with Gasteiger partial charge in [-0.05, 0) is 45.2 Å². The van der Waals surface area contributed by atoms with Gasteiger partial charge in [0.25, 0.3) is 0 Å². The highest BCUT2D eigenvalue weighted by molar-refractivity contribution is 7.12. The zero-order valence-electron chi connectivity index (χ0n) is 9.52. The van der Waals surface area contributed by atoms with Crippen molar-refractivity contribution in [3.8, 4) is 0 Å². The van der Waals surface area contributed by atoms with E-state index in [1.807, 2.05) is 11.3 Å². The molecule has 0 spiro atoms. The van der Waals surface area contributed by atoms with Crippen molar-refractivity contribution in [3.63, 3.8) is 0 Å². The molecular formula is C12H17NOS. The van der Waals surface area contributed by atoms with Crippen LogP contribution in [0.25, 0.3) is 0 Å². The second-order valence-electron chi connectivity index (χ2n) is 4.72. The summed E-state index contributed by atoms with van der Waals surface area (Å²) in [5, 5.41) is 3.08. The lowest BCUT2D eigenvalue weighted by atomic mass is 9.92. The van der Waals surface area contributed by atoms with E-state index >= 15 is 0 Å². The number of aryl methyl sites for hydroxylation is 2. The molecule has 3 heteroatoms. The van der Waals surface area contributed by atoms with Crippen LogP contribution in [0.5, 0.6) is 0 Å². The Morgan fingerprint density at radius 1 is 1.53 bits per heavy atom. The Balaban J connectivity index is 2.15. The number of hydrogen-bond acceptors (Lipinski definition) is 2. The van der Waals surface area contributed by atoms with Gasteiger partial charge in [-0.25, -0.2) is 0 Å². The predicted molar refractivity (Wildman–Crippen MR) is 63.3 cm³/mol. The molecule has 0 radical (unpaired) electrons. The third-order valence-electron chi connectivity index (χ3n) is 3.07. The summed E-state index contributed by atoms with van der Waals surface area (Å²) in [6.45, 7) is 6.44. The lowest BCUT2D eigenvalue weighted by molar-refractivity contribution is -0.119. The van der Waals surface area contributed by atoms with Crippen LogP contribution in [0, 0.1) is 13.8 Å². The van der Waals surface area contributed by atoms with E-state index in [9.17, 15) is 4.79 Å². The fourth-order valence-electron chi connectivity index (χ4n) is 2.26. The molecule has 1 saturated heterocycles. The zero-order valence-corrected chi connectivity index (χ0v) is 10.3. The molecule has 1 amide bonds. The third kappa shape index (κ3) is 2.23. The Morgan fingerprint density at radius 2 is 2.27 bits per heavy atom. The molecular weight excluding hydrogens is 206 g/mol. The minimum Gasteiger partial charge on any atom is -0.351 e. The first-order chi connectivity index (χ1) is 6.98. The molecule has 1 fully saturated rings. The summed E-state index contributed by atoms with van der Waals surface area (Å²) in [5.41, 5.74) is 1.37. The summed E-state index contributed by atoms with van der Waals surface area (Å²) in [6.07, 6.45) is 2.60. The van der Waals surface area contributed by atoms with Gasteiger partial charge in [0.15, 0.2) is 0 Å². The van der Waals surface area contributed by atoms with Gasteiger partial charge in [0.1, 0.15) is 0 Å². The molecule has 0 bridgehead atoms. The van der Waals surface area contributed by atoms with E-state index in [-0.39, 0.29) is 11.4 Å². The first-order valence-electron chi connectivity index (χ1n) is 5.35. The monoisotopic (exact) mass is 223 g/mol. The molecule has 1 aromatic heterocycles. The zero-order chi connectivity index (χ0) is 11.1. The Bertz CT molecular complexity index is 396. The minimum absolute atomic E-state index is 0.0185.